The van der Waals surface area contributed by atoms with Crippen molar-refractivity contribution in [3.05, 3.63) is 29.8 Å². The second-order valence-corrected chi connectivity index (χ2v) is 5.72. The lowest BCUT2D eigenvalue weighted by molar-refractivity contribution is -0.144. The predicted molar refractivity (Wildman–Crippen MR) is 85.9 cm³/mol. The Kier molecular flexibility index (Phi) is 6.21. The minimum atomic E-state index is -0.429. The third-order valence-corrected chi connectivity index (χ3v) is 4.12. The minimum absolute atomic E-state index is 0.0721. The number of nitrogens with zero attached hydrogens (tertiary/aromatic N) is 1. The third-order valence-electron chi connectivity index (χ3n) is 4.12. The highest BCUT2D eigenvalue weighted by Gasteiger charge is 2.26. The van der Waals surface area contributed by atoms with E-state index in [0.29, 0.717) is 12.6 Å². The number of nitrogens with one attached hydrogen (secondary N) is 1. The first-order valence-electron chi connectivity index (χ1n) is 7.84. The number of ether oxygens (including phenoxy) is 2. The van der Waals surface area contributed by atoms with Crippen molar-refractivity contribution in [2.75, 3.05) is 27.2 Å². The van der Waals surface area contributed by atoms with Crippen molar-refractivity contribution in [1.29, 1.82) is 0 Å². The summed E-state index contributed by atoms with van der Waals surface area (Å²) in [4.78, 5) is 14.4. The smallest absolute Gasteiger partial charge is 0.251 e. The van der Waals surface area contributed by atoms with Crippen LogP contribution in [0.15, 0.2) is 24.3 Å². The van der Waals surface area contributed by atoms with Crippen molar-refractivity contribution in [3.63, 3.8) is 0 Å². The maximum absolute atomic E-state index is 12.5. The molecule has 22 heavy (non-hydrogen) atoms. The van der Waals surface area contributed by atoms with Gasteiger partial charge in [0.2, 0.25) is 0 Å². The molecule has 1 aromatic carbocycles. The SMILES string of the molecule is CNC1CCCN(C(=O)C(C)OCc2cccc(OC)c2)C1. The summed E-state index contributed by atoms with van der Waals surface area (Å²) in [6, 6.07) is 8.10. The van der Waals surface area contributed by atoms with E-state index in [1.807, 2.05) is 43.1 Å². The molecule has 1 aliphatic heterocycles. The summed E-state index contributed by atoms with van der Waals surface area (Å²) in [5.41, 5.74) is 1.01. The van der Waals surface area contributed by atoms with E-state index in [0.717, 1.165) is 37.2 Å². The van der Waals surface area contributed by atoms with Gasteiger partial charge in [-0.15, -0.1) is 0 Å². The normalized spacial score (nSPS) is 19.8. The summed E-state index contributed by atoms with van der Waals surface area (Å²) in [6.07, 6.45) is 1.74. The van der Waals surface area contributed by atoms with Gasteiger partial charge in [0.25, 0.3) is 5.91 Å². The number of carbonyl (C=O) groups is 1. The molecule has 1 aromatic rings. The first kappa shape index (κ1) is 16.8. The molecule has 0 aromatic heterocycles. The predicted octanol–water partition coefficient (Wildman–Crippen LogP) is 1.81. The summed E-state index contributed by atoms with van der Waals surface area (Å²) >= 11 is 0. The van der Waals surface area contributed by atoms with Gasteiger partial charge in [0.1, 0.15) is 11.9 Å². The zero-order chi connectivity index (χ0) is 15.9. The van der Waals surface area contributed by atoms with Crippen LogP contribution in [0.5, 0.6) is 5.75 Å². The molecule has 2 rings (SSSR count). The number of carbonyl (C=O) groups excluding carboxylic acids is 1. The van der Waals surface area contributed by atoms with Crippen molar-refractivity contribution in [3.8, 4) is 5.75 Å². The van der Waals surface area contributed by atoms with Crippen molar-refractivity contribution in [2.24, 2.45) is 0 Å². The Bertz CT molecular complexity index is 493. The van der Waals surface area contributed by atoms with Crippen molar-refractivity contribution >= 4 is 5.91 Å². The number of hydrogen-bond donors (Lipinski definition) is 1. The van der Waals surface area contributed by atoms with Gasteiger partial charge in [-0.2, -0.15) is 0 Å². The van der Waals surface area contributed by atoms with Crippen molar-refractivity contribution in [1.82, 2.24) is 10.2 Å². The van der Waals surface area contributed by atoms with E-state index in [4.69, 9.17) is 9.47 Å². The van der Waals surface area contributed by atoms with E-state index in [1.165, 1.54) is 0 Å². The molecule has 0 bridgehead atoms. The molecule has 0 spiro atoms. The fourth-order valence-corrected chi connectivity index (χ4v) is 2.72. The highest BCUT2D eigenvalue weighted by molar-refractivity contribution is 5.80. The fourth-order valence-electron chi connectivity index (χ4n) is 2.72. The Morgan fingerprint density at radius 3 is 3.05 bits per heavy atom. The molecule has 5 nitrogen and oxygen atoms in total. The standard InChI is InChI=1S/C17H26N2O3/c1-13(17(20)19-9-5-7-15(11-19)18-2)22-12-14-6-4-8-16(10-14)21-3/h4,6,8,10,13,15,18H,5,7,9,11-12H2,1-3H3. The highest BCUT2D eigenvalue weighted by atomic mass is 16.5. The Hall–Kier alpha value is -1.59. The van der Waals surface area contributed by atoms with E-state index in [1.54, 1.807) is 7.11 Å². The molecular formula is C17H26N2O3. The number of amides is 1. The number of hydrogen-bond acceptors (Lipinski definition) is 4. The highest BCUT2D eigenvalue weighted by Crippen LogP contribution is 2.15. The van der Waals surface area contributed by atoms with Crippen LogP contribution in [0, 0.1) is 0 Å². The van der Waals surface area contributed by atoms with Gasteiger partial charge >= 0.3 is 0 Å². The first-order chi connectivity index (χ1) is 10.6. The van der Waals surface area contributed by atoms with Crippen LogP contribution < -0.4 is 10.1 Å². The topological polar surface area (TPSA) is 50.8 Å². The maximum Gasteiger partial charge on any atom is 0.251 e. The number of likely N-dealkylation sites (tertiary alicyclic amines) is 1. The molecule has 1 fully saturated rings. The lowest BCUT2D eigenvalue weighted by Gasteiger charge is -2.34. The van der Waals surface area contributed by atoms with E-state index in [-0.39, 0.29) is 5.91 Å². The molecule has 1 heterocycles. The lowest BCUT2D eigenvalue weighted by Crippen LogP contribution is -2.49. The van der Waals surface area contributed by atoms with Crippen LogP contribution >= 0.6 is 0 Å². The molecule has 0 aliphatic carbocycles. The summed E-state index contributed by atoms with van der Waals surface area (Å²) in [7, 11) is 3.59. The number of piperidine rings is 1. The van der Waals surface area contributed by atoms with E-state index in [9.17, 15) is 4.79 Å². The van der Waals surface area contributed by atoms with Gasteiger partial charge in [-0.25, -0.2) is 0 Å². The maximum atomic E-state index is 12.5. The molecular weight excluding hydrogens is 280 g/mol. The van der Waals surface area contributed by atoms with Gasteiger partial charge in [-0.1, -0.05) is 12.1 Å². The molecule has 1 aliphatic rings. The van der Waals surface area contributed by atoms with Crippen LogP contribution in [0.3, 0.4) is 0 Å². The molecule has 0 saturated carbocycles. The second kappa shape index (κ2) is 8.15. The van der Waals surface area contributed by atoms with Crippen molar-refractivity contribution < 1.29 is 14.3 Å². The molecule has 122 valence electrons. The monoisotopic (exact) mass is 306 g/mol. The van der Waals surface area contributed by atoms with Gasteiger partial charge < -0.3 is 19.7 Å². The Morgan fingerprint density at radius 2 is 2.32 bits per heavy atom. The fraction of sp³-hybridized carbons (Fsp3) is 0.588. The molecule has 1 saturated heterocycles. The number of benzene rings is 1. The molecule has 5 heteroatoms. The minimum Gasteiger partial charge on any atom is -0.497 e. The zero-order valence-corrected chi connectivity index (χ0v) is 13.7. The summed E-state index contributed by atoms with van der Waals surface area (Å²) < 4.78 is 10.9. The lowest BCUT2D eigenvalue weighted by atomic mass is 10.1. The number of rotatable bonds is 6. The average Bonchev–Trinajstić information content (AvgIpc) is 2.59. The largest absolute Gasteiger partial charge is 0.497 e. The summed E-state index contributed by atoms with van der Waals surface area (Å²) in [5, 5.41) is 3.25. The number of methoxy groups -OCH3 is 1. The third kappa shape index (κ3) is 4.45. The van der Waals surface area contributed by atoms with Crippen molar-refractivity contribution in [2.45, 2.75) is 38.5 Å². The van der Waals surface area contributed by atoms with Crippen LogP contribution in [-0.2, 0) is 16.1 Å². The van der Waals surface area contributed by atoms with Gasteiger partial charge in [0.05, 0.1) is 13.7 Å². The molecule has 0 radical (unpaired) electrons. The average molecular weight is 306 g/mol. The van der Waals surface area contributed by atoms with E-state index < -0.39 is 6.10 Å². The second-order valence-electron chi connectivity index (χ2n) is 5.72. The van der Waals surface area contributed by atoms with Gasteiger partial charge in [-0.3, -0.25) is 4.79 Å². The van der Waals surface area contributed by atoms with Crippen LogP contribution in [-0.4, -0.2) is 50.2 Å². The molecule has 2 atom stereocenters. The Balaban J connectivity index is 1.85. The molecule has 2 unspecified atom stereocenters. The Morgan fingerprint density at radius 1 is 1.50 bits per heavy atom. The first-order valence-corrected chi connectivity index (χ1v) is 7.84. The van der Waals surface area contributed by atoms with Crippen LogP contribution in [0.1, 0.15) is 25.3 Å². The van der Waals surface area contributed by atoms with Crippen LogP contribution in [0.2, 0.25) is 0 Å². The molecule has 1 N–H and O–H groups in total. The van der Waals surface area contributed by atoms with E-state index >= 15 is 0 Å². The van der Waals surface area contributed by atoms with Gasteiger partial charge in [0, 0.05) is 19.1 Å². The van der Waals surface area contributed by atoms with Gasteiger partial charge in [0.15, 0.2) is 0 Å². The Labute approximate surface area is 132 Å². The summed E-state index contributed by atoms with van der Waals surface area (Å²) in [6.45, 7) is 3.82. The van der Waals surface area contributed by atoms with Crippen LogP contribution in [0.4, 0.5) is 0 Å². The summed E-state index contributed by atoms with van der Waals surface area (Å²) in [5.74, 6) is 0.871. The van der Waals surface area contributed by atoms with Gasteiger partial charge in [-0.05, 0) is 44.5 Å². The van der Waals surface area contributed by atoms with E-state index in [2.05, 4.69) is 5.32 Å². The molecule has 1 amide bonds. The quantitative estimate of drug-likeness (QED) is 0.871. The van der Waals surface area contributed by atoms with Crippen LogP contribution in [0.25, 0.3) is 0 Å². The number of likely N-dealkylation sites (N-methyl/N-ethyl adjacent to an activating group) is 1. The zero-order valence-electron chi connectivity index (χ0n) is 13.7.